The van der Waals surface area contributed by atoms with Gasteiger partial charge >= 0.3 is 6.09 Å². The lowest BCUT2D eigenvalue weighted by Gasteiger charge is -2.17. The number of pyridine rings is 1. The Kier molecular flexibility index (Phi) is 6.36. The summed E-state index contributed by atoms with van der Waals surface area (Å²) in [5.74, 6) is 0.299. The van der Waals surface area contributed by atoms with E-state index in [9.17, 15) is 4.79 Å². The Bertz CT molecular complexity index is 435. The second kappa shape index (κ2) is 7.79. The molecule has 1 amide bonds. The van der Waals surface area contributed by atoms with Crippen LogP contribution in [0.1, 0.15) is 32.0 Å². The maximum atomic E-state index is 11.7. The summed E-state index contributed by atoms with van der Waals surface area (Å²) < 4.78 is 5.09. The molecular weight excluding hydrogens is 264 g/mol. The first-order valence-electron chi connectivity index (χ1n) is 6.18. The molecule has 1 heterocycles. The summed E-state index contributed by atoms with van der Waals surface area (Å²) in [6, 6.07) is 3.13. The minimum absolute atomic E-state index is 0.282. The van der Waals surface area contributed by atoms with Crippen molar-refractivity contribution in [2.75, 3.05) is 6.61 Å². The van der Waals surface area contributed by atoms with Crippen molar-refractivity contribution >= 4 is 17.7 Å². The third-order valence-electron chi connectivity index (χ3n) is 2.34. The maximum absolute atomic E-state index is 11.7. The first-order valence-corrected chi connectivity index (χ1v) is 6.56. The molecule has 0 fully saturated rings. The van der Waals surface area contributed by atoms with Crippen LogP contribution in [-0.4, -0.2) is 17.7 Å². The Morgan fingerprint density at radius 3 is 2.95 bits per heavy atom. The van der Waals surface area contributed by atoms with Gasteiger partial charge in [-0.2, -0.15) is 0 Å². The van der Waals surface area contributed by atoms with Crippen LogP contribution in [0.2, 0.25) is 5.02 Å². The Balaban J connectivity index is 2.67. The lowest BCUT2D eigenvalue weighted by Crippen LogP contribution is -2.30. The van der Waals surface area contributed by atoms with E-state index in [4.69, 9.17) is 16.3 Å². The number of nitrogens with zero attached hydrogens (tertiary/aromatic N) is 1. The number of rotatable bonds is 6. The van der Waals surface area contributed by atoms with E-state index >= 15 is 0 Å². The zero-order valence-electron chi connectivity index (χ0n) is 11.2. The van der Waals surface area contributed by atoms with Gasteiger partial charge in [0.15, 0.2) is 0 Å². The summed E-state index contributed by atoms with van der Waals surface area (Å²) in [6.07, 6.45) is 3.43. The van der Waals surface area contributed by atoms with Gasteiger partial charge in [-0.25, -0.2) is 4.79 Å². The first-order chi connectivity index (χ1) is 9.02. The molecule has 0 aromatic carbocycles. The van der Waals surface area contributed by atoms with E-state index < -0.39 is 6.09 Å². The summed E-state index contributed by atoms with van der Waals surface area (Å²) in [7, 11) is 0. The molecule has 1 aromatic rings. The normalized spacial score (nSPS) is 12.0. The fourth-order valence-electron chi connectivity index (χ4n) is 1.46. The molecule has 0 aliphatic carbocycles. The van der Waals surface area contributed by atoms with Crippen LogP contribution in [0.25, 0.3) is 0 Å². The van der Waals surface area contributed by atoms with E-state index in [0.29, 0.717) is 29.7 Å². The molecule has 0 aliphatic heterocycles. The number of carbonyl (C=O) groups excluding carboxylic acids is 1. The van der Waals surface area contributed by atoms with E-state index in [1.807, 2.05) is 13.8 Å². The van der Waals surface area contributed by atoms with Gasteiger partial charge in [0.1, 0.15) is 0 Å². The average molecular weight is 283 g/mol. The molecule has 5 heteroatoms. The van der Waals surface area contributed by atoms with Crippen LogP contribution < -0.4 is 5.32 Å². The number of halogens is 1. The summed E-state index contributed by atoms with van der Waals surface area (Å²) in [4.78, 5) is 15.9. The molecular formula is C14H19ClN2O2. The molecule has 1 rings (SSSR count). The molecule has 0 saturated heterocycles. The van der Waals surface area contributed by atoms with Crippen molar-refractivity contribution in [3.8, 4) is 0 Å². The van der Waals surface area contributed by atoms with E-state index in [-0.39, 0.29) is 6.04 Å². The molecule has 1 aromatic heterocycles. The van der Waals surface area contributed by atoms with Crippen molar-refractivity contribution in [3.05, 3.63) is 41.7 Å². The number of carbonyl (C=O) groups is 1. The third-order valence-corrected chi connectivity index (χ3v) is 2.58. The van der Waals surface area contributed by atoms with Gasteiger partial charge < -0.3 is 10.1 Å². The number of ether oxygens (including phenoxy) is 1. The molecule has 4 nitrogen and oxygen atoms in total. The SMILES string of the molecule is C=CCC(NC(=O)OCC(C)C)c1cc(Cl)ccn1. The van der Waals surface area contributed by atoms with Gasteiger partial charge in [-0.3, -0.25) is 4.98 Å². The maximum Gasteiger partial charge on any atom is 0.407 e. The molecule has 1 N–H and O–H groups in total. The van der Waals surface area contributed by atoms with Crippen molar-refractivity contribution in [1.29, 1.82) is 0 Å². The van der Waals surface area contributed by atoms with Gasteiger partial charge in [0.2, 0.25) is 0 Å². The molecule has 0 spiro atoms. The van der Waals surface area contributed by atoms with Gasteiger partial charge in [0.05, 0.1) is 18.3 Å². The van der Waals surface area contributed by atoms with Crippen LogP contribution in [0.15, 0.2) is 31.0 Å². The Labute approximate surface area is 118 Å². The summed E-state index contributed by atoms with van der Waals surface area (Å²) >= 11 is 5.92. The Morgan fingerprint density at radius 1 is 1.63 bits per heavy atom. The summed E-state index contributed by atoms with van der Waals surface area (Å²) in [6.45, 7) is 8.02. The second-order valence-corrected chi connectivity index (χ2v) is 5.05. The number of amides is 1. The Hall–Kier alpha value is -1.55. The minimum atomic E-state index is -0.456. The molecule has 0 bridgehead atoms. The molecule has 104 valence electrons. The van der Waals surface area contributed by atoms with Gasteiger partial charge in [-0.15, -0.1) is 6.58 Å². The van der Waals surface area contributed by atoms with E-state index in [1.54, 1.807) is 24.4 Å². The number of aromatic nitrogens is 1. The van der Waals surface area contributed by atoms with Crippen molar-refractivity contribution in [2.45, 2.75) is 26.3 Å². The highest BCUT2D eigenvalue weighted by Crippen LogP contribution is 2.18. The quantitative estimate of drug-likeness (QED) is 0.809. The number of nitrogens with one attached hydrogen (secondary N) is 1. The average Bonchev–Trinajstić information content (AvgIpc) is 2.36. The molecule has 0 aliphatic rings. The van der Waals surface area contributed by atoms with Gasteiger partial charge in [0.25, 0.3) is 0 Å². The summed E-state index contributed by atoms with van der Waals surface area (Å²) in [5, 5.41) is 3.34. The van der Waals surface area contributed by atoms with Crippen molar-refractivity contribution in [1.82, 2.24) is 10.3 Å². The first kappa shape index (κ1) is 15.5. The van der Waals surface area contributed by atoms with Gasteiger partial charge in [-0.1, -0.05) is 31.5 Å². The van der Waals surface area contributed by atoms with Gasteiger partial charge in [0, 0.05) is 11.2 Å². The van der Waals surface area contributed by atoms with E-state index in [2.05, 4.69) is 16.9 Å². The molecule has 0 radical (unpaired) electrons. The van der Waals surface area contributed by atoms with Crippen LogP contribution >= 0.6 is 11.6 Å². The monoisotopic (exact) mass is 282 g/mol. The topological polar surface area (TPSA) is 51.2 Å². The standard InChI is InChI=1S/C14H19ClN2O2/c1-4-5-12(13-8-11(15)6-7-16-13)17-14(18)19-9-10(2)3/h4,6-8,10,12H,1,5,9H2,2-3H3,(H,17,18). The lowest BCUT2D eigenvalue weighted by molar-refractivity contribution is 0.129. The van der Waals surface area contributed by atoms with Crippen molar-refractivity contribution in [2.24, 2.45) is 5.92 Å². The van der Waals surface area contributed by atoms with Crippen LogP contribution in [-0.2, 0) is 4.74 Å². The third kappa shape index (κ3) is 5.75. The van der Waals surface area contributed by atoms with Crippen LogP contribution in [0, 0.1) is 5.92 Å². The minimum Gasteiger partial charge on any atom is -0.449 e. The Morgan fingerprint density at radius 2 is 2.37 bits per heavy atom. The zero-order chi connectivity index (χ0) is 14.3. The molecule has 1 atom stereocenters. The number of hydrogen-bond acceptors (Lipinski definition) is 3. The molecule has 19 heavy (non-hydrogen) atoms. The largest absolute Gasteiger partial charge is 0.449 e. The fraction of sp³-hybridized carbons (Fsp3) is 0.429. The van der Waals surface area contributed by atoms with E-state index in [0.717, 1.165) is 0 Å². The van der Waals surface area contributed by atoms with Crippen molar-refractivity contribution in [3.63, 3.8) is 0 Å². The predicted octanol–water partition coefficient (Wildman–Crippen LogP) is 3.73. The fourth-order valence-corrected chi connectivity index (χ4v) is 1.63. The zero-order valence-corrected chi connectivity index (χ0v) is 12.0. The smallest absolute Gasteiger partial charge is 0.407 e. The molecule has 1 unspecified atom stereocenters. The second-order valence-electron chi connectivity index (χ2n) is 4.61. The highest BCUT2D eigenvalue weighted by molar-refractivity contribution is 6.30. The van der Waals surface area contributed by atoms with Gasteiger partial charge in [-0.05, 0) is 24.5 Å². The highest BCUT2D eigenvalue weighted by atomic mass is 35.5. The molecule has 0 saturated carbocycles. The van der Waals surface area contributed by atoms with Crippen LogP contribution in [0.3, 0.4) is 0 Å². The number of alkyl carbamates (subject to hydrolysis) is 1. The highest BCUT2D eigenvalue weighted by Gasteiger charge is 2.16. The predicted molar refractivity (Wildman–Crippen MR) is 76.1 cm³/mol. The number of hydrogen-bond donors (Lipinski definition) is 1. The van der Waals surface area contributed by atoms with Crippen LogP contribution in [0.4, 0.5) is 4.79 Å². The summed E-state index contributed by atoms with van der Waals surface area (Å²) in [5.41, 5.74) is 0.689. The lowest BCUT2D eigenvalue weighted by atomic mass is 10.1. The van der Waals surface area contributed by atoms with Crippen LogP contribution in [0.5, 0.6) is 0 Å². The van der Waals surface area contributed by atoms with Crippen molar-refractivity contribution < 1.29 is 9.53 Å². The van der Waals surface area contributed by atoms with E-state index in [1.165, 1.54) is 0 Å².